The number of nitrogens with two attached hydrogens (primary N) is 1. The van der Waals surface area contributed by atoms with Gasteiger partial charge in [-0.25, -0.2) is 9.37 Å². The van der Waals surface area contributed by atoms with Gasteiger partial charge in [0.1, 0.15) is 12.1 Å². The van der Waals surface area contributed by atoms with E-state index in [-0.39, 0.29) is 11.8 Å². The van der Waals surface area contributed by atoms with E-state index in [0.717, 1.165) is 4.90 Å². The molecule has 0 saturated carbocycles. The van der Waals surface area contributed by atoms with Crippen molar-refractivity contribution in [2.75, 3.05) is 5.73 Å². The smallest absolute Gasteiger partial charge is 0.240 e. The van der Waals surface area contributed by atoms with Gasteiger partial charge in [0.05, 0.1) is 0 Å². The predicted octanol–water partition coefficient (Wildman–Crippen LogP) is 1.93. The Labute approximate surface area is 117 Å². The van der Waals surface area contributed by atoms with Gasteiger partial charge in [-0.15, -0.1) is 0 Å². The molecule has 0 spiro atoms. The van der Waals surface area contributed by atoms with Gasteiger partial charge in [-0.3, -0.25) is 4.57 Å². The maximum Gasteiger partial charge on any atom is 0.240 e. The lowest BCUT2D eigenvalue weighted by molar-refractivity contribution is 0.626. The van der Waals surface area contributed by atoms with Crippen molar-refractivity contribution < 1.29 is 4.39 Å². The molecule has 3 aromatic rings. The van der Waals surface area contributed by atoms with Gasteiger partial charge in [-0.2, -0.15) is 15.0 Å². The van der Waals surface area contributed by atoms with Crippen LogP contribution in [0.15, 0.2) is 53.0 Å². The van der Waals surface area contributed by atoms with Crippen molar-refractivity contribution >= 4 is 17.7 Å². The number of nitrogen functional groups attached to an aromatic ring is 1. The molecule has 0 aliphatic rings. The Kier molecular flexibility index (Phi) is 3.30. The molecule has 6 nitrogen and oxygen atoms in total. The summed E-state index contributed by atoms with van der Waals surface area (Å²) in [7, 11) is 0. The zero-order valence-electron chi connectivity index (χ0n) is 10.1. The second-order valence-electron chi connectivity index (χ2n) is 3.80. The molecule has 0 saturated heterocycles. The standard InChI is InChI=1S/C12H9FN6S/c13-8-1-3-9(4-2-8)20-12-17-10(14)16-11(18-12)19-6-5-15-7-19/h1-7H,(H2,14,16,17,18). The fourth-order valence-corrected chi connectivity index (χ4v) is 2.26. The van der Waals surface area contributed by atoms with Crippen LogP contribution < -0.4 is 5.73 Å². The molecule has 0 radical (unpaired) electrons. The zero-order valence-corrected chi connectivity index (χ0v) is 11.0. The molecule has 0 aliphatic carbocycles. The lowest BCUT2D eigenvalue weighted by atomic mass is 10.4. The number of anilines is 1. The number of aromatic nitrogens is 5. The Morgan fingerprint density at radius 3 is 2.60 bits per heavy atom. The van der Waals surface area contributed by atoms with Crippen molar-refractivity contribution in [3.8, 4) is 5.95 Å². The van der Waals surface area contributed by atoms with E-state index >= 15 is 0 Å². The van der Waals surface area contributed by atoms with Crippen molar-refractivity contribution in [2.24, 2.45) is 0 Å². The molecule has 1 aromatic carbocycles. The van der Waals surface area contributed by atoms with E-state index in [1.165, 1.54) is 23.9 Å². The van der Waals surface area contributed by atoms with Crippen LogP contribution in [-0.4, -0.2) is 24.5 Å². The molecular formula is C12H9FN6S. The molecule has 2 heterocycles. The summed E-state index contributed by atoms with van der Waals surface area (Å²) in [6, 6.07) is 6.06. The Hall–Kier alpha value is -2.48. The maximum atomic E-state index is 12.9. The molecule has 0 bridgehead atoms. The Morgan fingerprint density at radius 1 is 1.10 bits per heavy atom. The molecule has 0 atom stereocenters. The molecule has 3 rings (SSSR count). The van der Waals surface area contributed by atoms with Crippen molar-refractivity contribution in [3.63, 3.8) is 0 Å². The molecule has 100 valence electrons. The van der Waals surface area contributed by atoms with Crippen molar-refractivity contribution in [2.45, 2.75) is 10.1 Å². The Balaban J connectivity index is 1.92. The highest BCUT2D eigenvalue weighted by Gasteiger charge is 2.07. The van der Waals surface area contributed by atoms with Crippen molar-refractivity contribution in [1.82, 2.24) is 24.5 Å². The molecule has 0 amide bonds. The third-order valence-corrected chi connectivity index (χ3v) is 3.25. The van der Waals surface area contributed by atoms with Gasteiger partial charge < -0.3 is 5.73 Å². The first kappa shape index (κ1) is 12.5. The van der Waals surface area contributed by atoms with Gasteiger partial charge >= 0.3 is 0 Å². The van der Waals surface area contributed by atoms with Crippen LogP contribution in [0.2, 0.25) is 0 Å². The number of hydrogen-bond acceptors (Lipinski definition) is 6. The van der Waals surface area contributed by atoms with E-state index in [1.807, 2.05) is 0 Å². The van der Waals surface area contributed by atoms with Gasteiger partial charge in [0.2, 0.25) is 11.9 Å². The van der Waals surface area contributed by atoms with E-state index in [2.05, 4.69) is 19.9 Å². The van der Waals surface area contributed by atoms with Crippen LogP contribution in [0.3, 0.4) is 0 Å². The lowest BCUT2D eigenvalue weighted by Gasteiger charge is -2.04. The first-order chi connectivity index (χ1) is 9.70. The number of halogens is 1. The molecule has 20 heavy (non-hydrogen) atoms. The van der Waals surface area contributed by atoms with Crippen molar-refractivity contribution in [1.29, 1.82) is 0 Å². The normalized spacial score (nSPS) is 10.7. The summed E-state index contributed by atoms with van der Waals surface area (Å²) < 4.78 is 14.5. The number of nitrogens with zero attached hydrogens (tertiary/aromatic N) is 5. The third-order valence-electron chi connectivity index (χ3n) is 2.38. The average molecular weight is 288 g/mol. The van der Waals surface area contributed by atoms with E-state index in [0.29, 0.717) is 11.1 Å². The topological polar surface area (TPSA) is 82.5 Å². The molecule has 2 N–H and O–H groups in total. The minimum atomic E-state index is -0.288. The highest BCUT2D eigenvalue weighted by Crippen LogP contribution is 2.25. The maximum absolute atomic E-state index is 12.9. The summed E-state index contributed by atoms with van der Waals surface area (Å²) in [5.41, 5.74) is 5.67. The van der Waals surface area contributed by atoms with Gasteiger partial charge in [0.25, 0.3) is 0 Å². The van der Waals surface area contributed by atoms with Gasteiger partial charge in [0.15, 0.2) is 5.16 Å². The zero-order chi connectivity index (χ0) is 13.9. The highest BCUT2D eigenvalue weighted by molar-refractivity contribution is 7.99. The van der Waals surface area contributed by atoms with Crippen LogP contribution in [0.25, 0.3) is 5.95 Å². The minimum Gasteiger partial charge on any atom is -0.368 e. The Bertz CT molecular complexity index is 713. The molecule has 2 aromatic heterocycles. The van der Waals surface area contributed by atoms with Gasteiger partial charge in [0, 0.05) is 17.3 Å². The summed E-state index contributed by atoms with van der Waals surface area (Å²) in [6.07, 6.45) is 4.90. The van der Waals surface area contributed by atoms with Gasteiger partial charge in [-0.1, -0.05) is 0 Å². The molecule has 8 heteroatoms. The number of benzene rings is 1. The van der Waals surface area contributed by atoms with Crippen LogP contribution in [-0.2, 0) is 0 Å². The van der Waals surface area contributed by atoms with E-state index < -0.39 is 0 Å². The molecule has 0 unspecified atom stereocenters. The van der Waals surface area contributed by atoms with E-state index in [9.17, 15) is 4.39 Å². The first-order valence-electron chi connectivity index (χ1n) is 5.64. The largest absolute Gasteiger partial charge is 0.368 e. The second kappa shape index (κ2) is 5.25. The van der Waals surface area contributed by atoms with E-state index in [4.69, 9.17) is 5.73 Å². The van der Waals surface area contributed by atoms with Gasteiger partial charge in [-0.05, 0) is 36.0 Å². The quantitative estimate of drug-likeness (QED) is 0.793. The summed E-state index contributed by atoms with van der Waals surface area (Å²) in [5, 5.41) is 0.438. The van der Waals surface area contributed by atoms with Crippen LogP contribution in [0.1, 0.15) is 0 Å². The summed E-state index contributed by atoms with van der Waals surface area (Å²) in [6.45, 7) is 0. The predicted molar refractivity (Wildman–Crippen MR) is 71.9 cm³/mol. The molecular weight excluding hydrogens is 279 g/mol. The molecule has 0 fully saturated rings. The third kappa shape index (κ3) is 2.75. The van der Waals surface area contributed by atoms with Crippen LogP contribution in [0.5, 0.6) is 0 Å². The number of imidazole rings is 1. The minimum absolute atomic E-state index is 0.119. The van der Waals surface area contributed by atoms with Crippen LogP contribution in [0.4, 0.5) is 10.3 Å². The lowest BCUT2D eigenvalue weighted by Crippen LogP contribution is -2.05. The fourth-order valence-electron chi connectivity index (χ4n) is 1.51. The SMILES string of the molecule is Nc1nc(Sc2ccc(F)cc2)nc(-n2ccnc2)n1. The number of hydrogen-bond donors (Lipinski definition) is 1. The second-order valence-corrected chi connectivity index (χ2v) is 4.84. The summed E-state index contributed by atoms with van der Waals surface area (Å²) in [4.78, 5) is 17.1. The average Bonchev–Trinajstić information content (AvgIpc) is 2.95. The first-order valence-corrected chi connectivity index (χ1v) is 6.46. The molecule has 0 aliphatic heterocycles. The van der Waals surface area contributed by atoms with Crippen LogP contribution in [0, 0.1) is 5.82 Å². The Morgan fingerprint density at radius 2 is 1.90 bits per heavy atom. The summed E-state index contributed by atoms with van der Waals surface area (Å²) in [5.74, 6) is 0.219. The monoisotopic (exact) mass is 288 g/mol. The van der Waals surface area contributed by atoms with Crippen LogP contribution >= 0.6 is 11.8 Å². The van der Waals surface area contributed by atoms with E-state index in [1.54, 1.807) is 35.4 Å². The fraction of sp³-hybridized carbons (Fsp3) is 0. The summed E-state index contributed by atoms with van der Waals surface area (Å²) >= 11 is 1.28. The highest BCUT2D eigenvalue weighted by atomic mass is 32.2. The number of rotatable bonds is 3. The van der Waals surface area contributed by atoms with Crippen molar-refractivity contribution in [3.05, 3.63) is 48.8 Å².